The molecule has 0 bridgehead atoms. The molecule has 2 atom stereocenters. The van der Waals surface area contributed by atoms with Gasteiger partial charge in [-0.15, -0.1) is 0 Å². The average molecular weight is 472 g/mol. The Morgan fingerprint density at radius 3 is 2.73 bits per heavy atom. The van der Waals surface area contributed by atoms with Gasteiger partial charge in [0, 0.05) is 31.6 Å². The molecule has 1 amide bonds. The van der Waals surface area contributed by atoms with Crippen molar-refractivity contribution in [3.63, 3.8) is 0 Å². The lowest BCUT2D eigenvalue weighted by Gasteiger charge is -2.22. The number of halogens is 1. The number of amides is 1. The molecule has 2 N–H and O–H groups in total. The van der Waals surface area contributed by atoms with Gasteiger partial charge in [0.25, 0.3) is 0 Å². The molecule has 1 saturated heterocycles. The van der Waals surface area contributed by atoms with Gasteiger partial charge in [-0.3, -0.25) is 9.59 Å². The Labute approximate surface area is 198 Å². The first-order chi connectivity index (χ1) is 15.9. The van der Waals surface area contributed by atoms with Gasteiger partial charge < -0.3 is 15.1 Å². The van der Waals surface area contributed by atoms with Crippen LogP contribution in [0.1, 0.15) is 31.2 Å². The van der Waals surface area contributed by atoms with E-state index in [0.29, 0.717) is 25.8 Å². The summed E-state index contributed by atoms with van der Waals surface area (Å²) in [6, 6.07) is 14.2. The highest BCUT2D eigenvalue weighted by Gasteiger charge is 2.28. The summed E-state index contributed by atoms with van der Waals surface area (Å²) < 4.78 is 13.2. The molecule has 176 valence electrons. The fourth-order valence-electron chi connectivity index (χ4n) is 3.92. The zero-order valence-corrected chi connectivity index (χ0v) is 19.3. The SMILES string of the molecule is O=C(O)CCCSCCN1C(=O)CC[C@@H]1C=C[C@@H](O)Cc1cccc(-c2ccc(F)cc2)c1. The fourth-order valence-corrected chi connectivity index (χ4v) is 4.80. The fraction of sp³-hybridized carbons (Fsp3) is 0.385. The number of carbonyl (C=O) groups is 2. The first kappa shape index (κ1) is 25.0. The molecule has 2 aromatic carbocycles. The molecule has 1 aliphatic rings. The van der Waals surface area contributed by atoms with Crippen molar-refractivity contribution in [1.29, 1.82) is 0 Å². The van der Waals surface area contributed by atoms with Crippen LogP contribution in [0.15, 0.2) is 60.7 Å². The van der Waals surface area contributed by atoms with E-state index in [1.807, 2.05) is 35.2 Å². The van der Waals surface area contributed by atoms with E-state index in [9.17, 15) is 19.1 Å². The van der Waals surface area contributed by atoms with Crippen LogP contribution in [0.3, 0.4) is 0 Å². The van der Waals surface area contributed by atoms with Crippen molar-refractivity contribution in [1.82, 2.24) is 4.90 Å². The molecular formula is C26H30FNO4S. The minimum Gasteiger partial charge on any atom is -0.481 e. The Kier molecular flexibility index (Phi) is 9.51. The number of hydrogen-bond acceptors (Lipinski definition) is 4. The zero-order valence-electron chi connectivity index (χ0n) is 18.5. The number of thioether (sulfide) groups is 1. The Hall–Kier alpha value is -2.64. The van der Waals surface area contributed by atoms with E-state index in [1.54, 1.807) is 30.0 Å². The summed E-state index contributed by atoms with van der Waals surface area (Å²) in [4.78, 5) is 24.7. The second-order valence-electron chi connectivity index (χ2n) is 8.17. The first-order valence-corrected chi connectivity index (χ1v) is 12.4. The maximum Gasteiger partial charge on any atom is 0.303 e. The van der Waals surface area contributed by atoms with Gasteiger partial charge >= 0.3 is 5.97 Å². The summed E-state index contributed by atoms with van der Waals surface area (Å²) in [5.41, 5.74) is 2.87. The van der Waals surface area contributed by atoms with Crippen molar-refractivity contribution < 1.29 is 24.2 Å². The van der Waals surface area contributed by atoms with Crippen LogP contribution >= 0.6 is 11.8 Å². The molecule has 1 fully saturated rings. The molecule has 33 heavy (non-hydrogen) atoms. The Morgan fingerprint density at radius 1 is 1.18 bits per heavy atom. The second-order valence-corrected chi connectivity index (χ2v) is 9.39. The molecule has 3 rings (SSSR count). The average Bonchev–Trinajstić information content (AvgIpc) is 3.14. The number of carbonyl (C=O) groups excluding carboxylic acids is 1. The molecule has 5 nitrogen and oxygen atoms in total. The van der Waals surface area contributed by atoms with Gasteiger partial charge in [-0.25, -0.2) is 4.39 Å². The number of aliphatic hydroxyl groups is 1. The molecular weight excluding hydrogens is 441 g/mol. The van der Waals surface area contributed by atoms with E-state index >= 15 is 0 Å². The summed E-state index contributed by atoms with van der Waals surface area (Å²) in [5.74, 6) is 0.610. The van der Waals surface area contributed by atoms with Crippen LogP contribution in [0.4, 0.5) is 4.39 Å². The topological polar surface area (TPSA) is 77.8 Å². The third-order valence-corrected chi connectivity index (χ3v) is 6.68. The molecule has 2 aromatic rings. The van der Waals surface area contributed by atoms with Crippen molar-refractivity contribution in [3.8, 4) is 11.1 Å². The summed E-state index contributed by atoms with van der Waals surface area (Å²) in [6.45, 7) is 0.626. The molecule has 0 radical (unpaired) electrons. The van der Waals surface area contributed by atoms with Crippen LogP contribution in [0.2, 0.25) is 0 Å². The predicted octanol–water partition coefficient (Wildman–Crippen LogP) is 4.54. The third-order valence-electron chi connectivity index (χ3n) is 5.64. The number of carboxylic acids is 1. The van der Waals surface area contributed by atoms with Crippen LogP contribution in [0, 0.1) is 5.82 Å². The van der Waals surface area contributed by atoms with Crippen molar-refractivity contribution >= 4 is 23.6 Å². The summed E-state index contributed by atoms with van der Waals surface area (Å²) >= 11 is 1.66. The van der Waals surface area contributed by atoms with E-state index in [2.05, 4.69) is 0 Å². The minimum atomic E-state index is -0.781. The van der Waals surface area contributed by atoms with E-state index < -0.39 is 12.1 Å². The van der Waals surface area contributed by atoms with Crippen molar-refractivity contribution in [3.05, 3.63) is 72.1 Å². The maximum absolute atomic E-state index is 13.2. The number of benzene rings is 2. The van der Waals surface area contributed by atoms with Gasteiger partial charge in [0.15, 0.2) is 0 Å². The number of nitrogens with zero attached hydrogens (tertiary/aromatic N) is 1. The second kappa shape index (κ2) is 12.6. The van der Waals surface area contributed by atoms with Gasteiger partial charge in [0.05, 0.1) is 12.1 Å². The van der Waals surface area contributed by atoms with E-state index in [0.717, 1.165) is 34.6 Å². The molecule has 0 saturated carbocycles. The standard InChI is InChI=1S/C26H30FNO4S/c27-22-8-6-20(7-9-22)21-4-1-3-19(17-21)18-24(29)12-10-23-11-13-25(30)28(23)14-16-33-15-2-5-26(31)32/h1,3-4,6-10,12,17,23-24,29H,2,5,11,13-16,18H2,(H,31,32)/t23-,24+/m0/s1. The number of aliphatic carboxylic acids is 1. The number of hydrogen-bond donors (Lipinski definition) is 2. The lowest BCUT2D eigenvalue weighted by atomic mass is 10.00. The number of likely N-dealkylation sites (tertiary alicyclic amines) is 1. The molecule has 0 aliphatic carbocycles. The third kappa shape index (κ3) is 8.02. The van der Waals surface area contributed by atoms with Crippen molar-refractivity contribution in [2.45, 2.75) is 44.2 Å². The molecule has 7 heteroatoms. The molecule has 0 spiro atoms. The number of aliphatic hydroxyl groups excluding tert-OH is 1. The van der Waals surface area contributed by atoms with Gasteiger partial charge in [0.2, 0.25) is 5.91 Å². The van der Waals surface area contributed by atoms with Crippen LogP contribution in [-0.2, 0) is 16.0 Å². The van der Waals surface area contributed by atoms with E-state index in [1.165, 1.54) is 12.1 Å². The highest BCUT2D eigenvalue weighted by atomic mass is 32.2. The highest BCUT2D eigenvalue weighted by Crippen LogP contribution is 2.23. The Balaban J connectivity index is 1.50. The van der Waals surface area contributed by atoms with Crippen molar-refractivity contribution in [2.75, 3.05) is 18.1 Å². The largest absolute Gasteiger partial charge is 0.481 e. The van der Waals surface area contributed by atoms with Crippen molar-refractivity contribution in [2.24, 2.45) is 0 Å². The van der Waals surface area contributed by atoms with Crippen LogP contribution in [-0.4, -0.2) is 57.2 Å². The van der Waals surface area contributed by atoms with Crippen LogP contribution in [0.25, 0.3) is 11.1 Å². The lowest BCUT2D eigenvalue weighted by molar-refractivity contribution is -0.137. The lowest BCUT2D eigenvalue weighted by Crippen LogP contribution is -2.34. The normalized spacial score (nSPS) is 17.1. The number of carboxylic acid groups (broad SMARTS) is 1. The molecule has 1 aliphatic heterocycles. The summed E-state index contributed by atoms with van der Waals surface area (Å²) in [5, 5.41) is 19.2. The van der Waals surface area contributed by atoms with Gasteiger partial charge in [-0.05, 0) is 47.4 Å². The van der Waals surface area contributed by atoms with Crippen LogP contribution < -0.4 is 0 Å². The van der Waals surface area contributed by atoms with Gasteiger partial charge in [-0.2, -0.15) is 11.8 Å². The molecule has 0 unspecified atom stereocenters. The predicted molar refractivity (Wildman–Crippen MR) is 130 cm³/mol. The Bertz CT molecular complexity index is 963. The minimum absolute atomic E-state index is 0.0164. The maximum atomic E-state index is 13.2. The smallest absolute Gasteiger partial charge is 0.303 e. The first-order valence-electron chi connectivity index (χ1n) is 11.2. The quantitative estimate of drug-likeness (QED) is 0.351. The van der Waals surface area contributed by atoms with Gasteiger partial charge in [-0.1, -0.05) is 48.6 Å². The summed E-state index contributed by atoms with van der Waals surface area (Å²) in [7, 11) is 0. The summed E-state index contributed by atoms with van der Waals surface area (Å²) in [6.07, 6.45) is 5.52. The number of rotatable bonds is 12. The van der Waals surface area contributed by atoms with E-state index in [-0.39, 0.29) is 24.2 Å². The zero-order chi connectivity index (χ0) is 23.6. The van der Waals surface area contributed by atoms with E-state index in [4.69, 9.17) is 5.11 Å². The molecule has 1 heterocycles. The molecule has 0 aromatic heterocycles. The van der Waals surface area contributed by atoms with Crippen LogP contribution in [0.5, 0.6) is 0 Å². The highest BCUT2D eigenvalue weighted by molar-refractivity contribution is 7.99. The monoisotopic (exact) mass is 471 g/mol. The Morgan fingerprint density at radius 2 is 1.97 bits per heavy atom. The van der Waals surface area contributed by atoms with Gasteiger partial charge in [0.1, 0.15) is 5.82 Å².